The lowest BCUT2D eigenvalue weighted by Gasteiger charge is -2.21. The molecule has 0 spiro atoms. The molecule has 0 aliphatic rings. The lowest BCUT2D eigenvalue weighted by Crippen LogP contribution is -2.30. The quantitative estimate of drug-likeness (QED) is 0.0222. The Balaban J connectivity index is 5.20. The van der Waals surface area contributed by atoms with E-state index in [-0.39, 0.29) is 25.7 Å². The molecule has 0 aromatic carbocycles. The minimum absolute atomic E-state index is 0.107. The summed E-state index contributed by atoms with van der Waals surface area (Å²) in [5, 5.41) is 10.6. The molecule has 17 nitrogen and oxygen atoms in total. The molecule has 19 heteroatoms. The van der Waals surface area contributed by atoms with Crippen LogP contribution in [0, 0.1) is 5.92 Å². The number of unbranched alkanes of at least 4 members (excludes halogenated alkanes) is 50. The van der Waals surface area contributed by atoms with E-state index in [1.807, 2.05) is 0 Å². The van der Waals surface area contributed by atoms with Crippen molar-refractivity contribution in [1.82, 2.24) is 0 Å². The number of esters is 4. The highest BCUT2D eigenvalue weighted by atomic mass is 31.2. The molecule has 0 amide bonds. The summed E-state index contributed by atoms with van der Waals surface area (Å²) in [6, 6.07) is 0. The van der Waals surface area contributed by atoms with Gasteiger partial charge in [-0.05, 0) is 31.6 Å². The second-order valence-corrected chi connectivity index (χ2v) is 31.5. The van der Waals surface area contributed by atoms with E-state index in [4.69, 9.17) is 37.0 Å². The summed E-state index contributed by atoms with van der Waals surface area (Å²) in [5.74, 6) is -1.29. The van der Waals surface area contributed by atoms with E-state index >= 15 is 0 Å². The van der Waals surface area contributed by atoms with Crippen molar-refractivity contribution in [1.29, 1.82) is 0 Å². The summed E-state index contributed by atoms with van der Waals surface area (Å²) in [7, 11) is -9.91. The number of rotatable bonds is 78. The van der Waals surface area contributed by atoms with Crippen molar-refractivity contribution in [3.8, 4) is 0 Å². The maximum atomic E-state index is 13.1. The lowest BCUT2D eigenvalue weighted by molar-refractivity contribution is -0.161. The molecule has 2 unspecified atom stereocenters. The van der Waals surface area contributed by atoms with Crippen LogP contribution < -0.4 is 0 Å². The average Bonchev–Trinajstić information content (AvgIpc) is 1.80. The third-order valence-electron chi connectivity index (χ3n) is 18.3. The largest absolute Gasteiger partial charge is 0.472 e. The molecule has 0 heterocycles. The van der Waals surface area contributed by atoms with Gasteiger partial charge in [-0.3, -0.25) is 37.3 Å². The monoisotopic (exact) mass is 1420 g/mol. The molecular weight excluding hydrogens is 1270 g/mol. The molecular formula is C78H152O17P2. The number of aliphatic hydroxyl groups is 1. The minimum Gasteiger partial charge on any atom is -0.462 e. The third kappa shape index (κ3) is 72.2. The molecule has 97 heavy (non-hydrogen) atoms. The van der Waals surface area contributed by atoms with E-state index in [1.54, 1.807) is 0 Å². The number of hydrogen-bond donors (Lipinski definition) is 3. The molecule has 0 bridgehead atoms. The van der Waals surface area contributed by atoms with Crippen LogP contribution in [0.4, 0.5) is 0 Å². The smallest absolute Gasteiger partial charge is 0.462 e. The molecule has 5 atom stereocenters. The molecule has 0 aliphatic carbocycles. The fraction of sp³-hybridized carbons (Fsp3) is 0.949. The van der Waals surface area contributed by atoms with E-state index in [9.17, 15) is 43.2 Å². The Morgan fingerprint density at radius 3 is 0.701 bits per heavy atom. The number of hydrogen-bond acceptors (Lipinski definition) is 15. The van der Waals surface area contributed by atoms with Crippen LogP contribution in [0.2, 0.25) is 0 Å². The van der Waals surface area contributed by atoms with Gasteiger partial charge in [0.15, 0.2) is 12.2 Å². The second kappa shape index (κ2) is 71.1. The van der Waals surface area contributed by atoms with Crippen molar-refractivity contribution in [2.45, 2.75) is 432 Å². The lowest BCUT2D eigenvalue weighted by atomic mass is 10.0. The third-order valence-corrected chi connectivity index (χ3v) is 20.2. The number of phosphoric ester groups is 2. The summed E-state index contributed by atoms with van der Waals surface area (Å²) < 4.78 is 68.5. The Bertz CT molecular complexity index is 1860. The van der Waals surface area contributed by atoms with Gasteiger partial charge < -0.3 is 33.8 Å². The summed E-state index contributed by atoms with van der Waals surface area (Å²) in [5.41, 5.74) is 0. The SMILES string of the molecule is CCCCCCCCCCCCCCCCCC(=O)OC[C@H](COP(=O)(O)OC[C@@H](O)COP(=O)(O)OC[C@@H](COC(=O)CCCCCCCCCCCC)OC(=O)CCCCCCCCCCCCC)OC(=O)CCCCCCCCCCCCCCCCCCCCC(C)C. The Kier molecular flexibility index (Phi) is 69.6. The van der Waals surface area contributed by atoms with Gasteiger partial charge >= 0.3 is 39.5 Å². The Morgan fingerprint density at radius 2 is 0.474 bits per heavy atom. The topological polar surface area (TPSA) is 237 Å². The van der Waals surface area contributed by atoms with Crippen molar-refractivity contribution in [2.75, 3.05) is 39.6 Å². The predicted molar refractivity (Wildman–Crippen MR) is 395 cm³/mol. The van der Waals surface area contributed by atoms with Gasteiger partial charge in [-0.2, -0.15) is 0 Å². The first-order valence-corrected chi connectivity index (χ1v) is 43.6. The number of carbonyl (C=O) groups is 4. The normalized spacial score (nSPS) is 13.9. The molecule has 576 valence electrons. The van der Waals surface area contributed by atoms with Crippen molar-refractivity contribution in [3.05, 3.63) is 0 Å². The van der Waals surface area contributed by atoms with Gasteiger partial charge in [-0.1, -0.05) is 362 Å². The molecule has 0 fully saturated rings. The number of phosphoric acid groups is 2. The first kappa shape index (κ1) is 95.1. The van der Waals surface area contributed by atoms with Gasteiger partial charge in [0.05, 0.1) is 26.4 Å². The Hall–Kier alpha value is -1.94. The van der Waals surface area contributed by atoms with Gasteiger partial charge in [0.1, 0.15) is 19.3 Å². The molecule has 0 aliphatic heterocycles. The number of aliphatic hydroxyl groups excluding tert-OH is 1. The molecule has 0 rings (SSSR count). The highest BCUT2D eigenvalue weighted by molar-refractivity contribution is 7.47. The first-order chi connectivity index (χ1) is 47.0. The van der Waals surface area contributed by atoms with Crippen LogP contribution in [-0.4, -0.2) is 96.7 Å². The van der Waals surface area contributed by atoms with Crippen LogP contribution in [0.25, 0.3) is 0 Å². The zero-order valence-corrected chi connectivity index (χ0v) is 65.0. The Labute approximate surface area is 594 Å². The summed E-state index contributed by atoms with van der Waals surface area (Å²) in [4.78, 5) is 72.8. The van der Waals surface area contributed by atoms with Gasteiger partial charge in [-0.25, -0.2) is 9.13 Å². The minimum atomic E-state index is -4.96. The predicted octanol–water partition coefficient (Wildman–Crippen LogP) is 23.3. The van der Waals surface area contributed by atoms with E-state index in [0.29, 0.717) is 25.7 Å². The fourth-order valence-corrected chi connectivity index (χ4v) is 13.6. The van der Waals surface area contributed by atoms with Gasteiger partial charge in [0.2, 0.25) is 0 Å². The molecule has 0 aromatic rings. The summed E-state index contributed by atoms with van der Waals surface area (Å²) in [6.45, 7) is 7.33. The van der Waals surface area contributed by atoms with Crippen LogP contribution >= 0.6 is 15.6 Å². The standard InChI is InChI=1S/C78H152O17P2/c1-6-9-12-15-18-21-24-25-30-34-38-42-47-52-57-62-76(81)89-68-74(95-78(83)64-59-54-49-44-39-35-32-29-27-26-28-31-33-37-40-45-50-55-60-71(4)5)70-93-97(86,87)91-66-72(79)65-90-96(84,85)92-69-73(67-88-75(80)61-56-51-46-41-23-20-17-14-11-8-3)94-77(82)63-58-53-48-43-36-22-19-16-13-10-7-2/h71-74,79H,6-70H2,1-5H3,(H,84,85)(H,86,87)/t72-,73+,74+/m0/s1. The van der Waals surface area contributed by atoms with Gasteiger partial charge in [0.25, 0.3) is 0 Å². The maximum Gasteiger partial charge on any atom is 0.472 e. The van der Waals surface area contributed by atoms with Crippen molar-refractivity contribution in [3.63, 3.8) is 0 Å². The highest BCUT2D eigenvalue weighted by Gasteiger charge is 2.30. The summed E-state index contributed by atoms with van der Waals surface area (Å²) >= 11 is 0. The Morgan fingerprint density at radius 1 is 0.278 bits per heavy atom. The fourth-order valence-electron chi connectivity index (χ4n) is 12.1. The first-order valence-electron chi connectivity index (χ1n) is 40.6. The zero-order valence-electron chi connectivity index (χ0n) is 63.2. The van der Waals surface area contributed by atoms with Crippen molar-refractivity contribution in [2.24, 2.45) is 5.92 Å². The van der Waals surface area contributed by atoms with E-state index in [2.05, 4.69) is 34.6 Å². The molecule has 0 saturated heterocycles. The zero-order chi connectivity index (χ0) is 71.2. The van der Waals surface area contributed by atoms with Crippen LogP contribution in [0.1, 0.15) is 413 Å². The maximum absolute atomic E-state index is 13.1. The summed E-state index contributed by atoms with van der Waals surface area (Å²) in [6.07, 6.45) is 61.0. The van der Waals surface area contributed by atoms with E-state index in [0.717, 1.165) is 95.8 Å². The number of carbonyl (C=O) groups excluding carboxylic acids is 4. The van der Waals surface area contributed by atoms with Crippen LogP contribution in [0.5, 0.6) is 0 Å². The molecule has 0 aromatic heterocycles. The highest BCUT2D eigenvalue weighted by Crippen LogP contribution is 2.45. The molecule has 3 N–H and O–H groups in total. The van der Waals surface area contributed by atoms with Gasteiger partial charge in [0, 0.05) is 25.7 Å². The average molecular weight is 1420 g/mol. The van der Waals surface area contributed by atoms with Gasteiger partial charge in [-0.15, -0.1) is 0 Å². The molecule has 0 radical (unpaired) electrons. The van der Waals surface area contributed by atoms with Crippen LogP contribution in [0.15, 0.2) is 0 Å². The van der Waals surface area contributed by atoms with Crippen LogP contribution in [0.3, 0.4) is 0 Å². The van der Waals surface area contributed by atoms with E-state index < -0.39 is 97.5 Å². The number of ether oxygens (including phenoxy) is 4. The van der Waals surface area contributed by atoms with Crippen LogP contribution in [-0.2, 0) is 65.4 Å². The van der Waals surface area contributed by atoms with Crippen molar-refractivity contribution >= 4 is 39.5 Å². The molecule has 0 saturated carbocycles. The second-order valence-electron chi connectivity index (χ2n) is 28.6. The van der Waals surface area contributed by atoms with Crippen molar-refractivity contribution < 1.29 is 80.2 Å². The van der Waals surface area contributed by atoms with E-state index in [1.165, 1.54) is 238 Å².